The summed E-state index contributed by atoms with van der Waals surface area (Å²) in [6.45, 7) is 6.35. The number of nitrogens with zero attached hydrogens (tertiary/aromatic N) is 2. The molecule has 0 saturated carbocycles. The van der Waals surface area contributed by atoms with Crippen LogP contribution in [0.3, 0.4) is 0 Å². The standard InChI is InChI=1S/C25H26IN3O3/c1-25(2,3)20-16-18(28-23(30)19-9-4-5-10-21(19)26)11-12-22(20)29(24(31)32)15-13-17-8-6-7-14-27-17/h4-12,14,16H,13,15H2,1-3H3,(H,28,30)(H,31,32). The van der Waals surface area contributed by atoms with Gasteiger partial charge in [-0.05, 0) is 76.0 Å². The third kappa shape index (κ3) is 5.85. The lowest BCUT2D eigenvalue weighted by molar-refractivity contribution is 0.102. The van der Waals surface area contributed by atoms with Gasteiger partial charge in [0.25, 0.3) is 5.91 Å². The van der Waals surface area contributed by atoms with Crippen molar-refractivity contribution in [3.8, 4) is 0 Å². The van der Waals surface area contributed by atoms with Gasteiger partial charge in [0.1, 0.15) is 0 Å². The maximum absolute atomic E-state index is 12.8. The summed E-state index contributed by atoms with van der Waals surface area (Å²) < 4.78 is 0.863. The minimum Gasteiger partial charge on any atom is -0.465 e. The Labute approximate surface area is 201 Å². The average molecular weight is 543 g/mol. The molecule has 3 rings (SSSR count). The summed E-state index contributed by atoms with van der Waals surface area (Å²) in [4.78, 5) is 30.5. The SMILES string of the molecule is CC(C)(C)c1cc(NC(=O)c2ccccc2I)ccc1N(CCc1ccccn1)C(=O)O. The molecular formula is C25H26IN3O3. The lowest BCUT2D eigenvalue weighted by atomic mass is 9.85. The number of halogens is 1. The number of carboxylic acid groups (broad SMARTS) is 1. The molecule has 166 valence electrons. The fourth-order valence-corrected chi connectivity index (χ4v) is 4.02. The summed E-state index contributed by atoms with van der Waals surface area (Å²) in [5.41, 5.74) is 3.15. The van der Waals surface area contributed by atoms with Crippen molar-refractivity contribution in [1.82, 2.24) is 4.98 Å². The number of carbonyl (C=O) groups is 2. The molecule has 0 aliphatic heterocycles. The molecule has 0 bridgehead atoms. The molecule has 2 aromatic carbocycles. The third-order valence-corrected chi connectivity index (χ3v) is 5.96. The van der Waals surface area contributed by atoms with Crippen LogP contribution in [0.5, 0.6) is 0 Å². The first-order valence-corrected chi connectivity index (χ1v) is 11.4. The molecule has 0 saturated heterocycles. The number of carbonyl (C=O) groups excluding carboxylic acids is 1. The van der Waals surface area contributed by atoms with Crippen LogP contribution >= 0.6 is 22.6 Å². The second kappa shape index (κ2) is 10.1. The van der Waals surface area contributed by atoms with Gasteiger partial charge in [-0.3, -0.25) is 14.7 Å². The Hall–Kier alpha value is -2.94. The normalized spacial score (nSPS) is 11.1. The molecule has 0 radical (unpaired) electrons. The average Bonchev–Trinajstić information content (AvgIpc) is 2.74. The number of anilines is 2. The Bertz CT molecular complexity index is 1110. The highest BCUT2D eigenvalue weighted by molar-refractivity contribution is 14.1. The molecule has 0 spiro atoms. The van der Waals surface area contributed by atoms with E-state index in [2.05, 4.69) is 32.9 Å². The van der Waals surface area contributed by atoms with E-state index in [4.69, 9.17) is 0 Å². The first kappa shape index (κ1) is 23.7. The highest BCUT2D eigenvalue weighted by Gasteiger charge is 2.25. The van der Waals surface area contributed by atoms with Crippen LogP contribution in [0.4, 0.5) is 16.2 Å². The van der Waals surface area contributed by atoms with Crippen molar-refractivity contribution in [2.24, 2.45) is 0 Å². The first-order valence-electron chi connectivity index (χ1n) is 10.3. The molecule has 6 nitrogen and oxygen atoms in total. The van der Waals surface area contributed by atoms with Gasteiger partial charge in [0.05, 0.1) is 11.3 Å². The van der Waals surface area contributed by atoms with Gasteiger partial charge in [0.15, 0.2) is 0 Å². The molecule has 0 atom stereocenters. The highest BCUT2D eigenvalue weighted by atomic mass is 127. The number of nitrogens with one attached hydrogen (secondary N) is 1. The van der Waals surface area contributed by atoms with Crippen molar-refractivity contribution in [3.63, 3.8) is 0 Å². The molecule has 7 heteroatoms. The Kier molecular flexibility index (Phi) is 7.50. The lowest BCUT2D eigenvalue weighted by Gasteiger charge is -2.29. The first-order chi connectivity index (χ1) is 15.2. The van der Waals surface area contributed by atoms with Crippen molar-refractivity contribution in [1.29, 1.82) is 0 Å². The molecule has 0 unspecified atom stereocenters. The molecule has 0 aliphatic rings. The van der Waals surface area contributed by atoms with Gasteiger partial charge >= 0.3 is 6.09 Å². The molecule has 32 heavy (non-hydrogen) atoms. The smallest absolute Gasteiger partial charge is 0.411 e. The van der Waals surface area contributed by atoms with Gasteiger partial charge in [-0.1, -0.05) is 39.0 Å². The zero-order valence-corrected chi connectivity index (χ0v) is 20.5. The Morgan fingerprint density at radius 2 is 1.78 bits per heavy atom. The number of rotatable bonds is 6. The van der Waals surface area contributed by atoms with Gasteiger partial charge in [-0.15, -0.1) is 0 Å². The number of hydrogen-bond donors (Lipinski definition) is 2. The van der Waals surface area contributed by atoms with E-state index in [9.17, 15) is 14.7 Å². The summed E-state index contributed by atoms with van der Waals surface area (Å²) in [6, 6.07) is 18.3. The van der Waals surface area contributed by atoms with E-state index in [1.807, 2.05) is 63.2 Å². The number of aromatic nitrogens is 1. The van der Waals surface area contributed by atoms with Crippen LogP contribution in [0.25, 0.3) is 0 Å². The number of benzene rings is 2. The molecule has 2 N–H and O–H groups in total. The Balaban J connectivity index is 1.90. The van der Waals surface area contributed by atoms with Crippen LogP contribution in [0.1, 0.15) is 42.4 Å². The molecule has 1 aromatic heterocycles. The second-order valence-corrected chi connectivity index (χ2v) is 9.58. The number of pyridine rings is 1. The molecule has 2 amide bonds. The Morgan fingerprint density at radius 3 is 2.41 bits per heavy atom. The van der Waals surface area contributed by atoms with E-state index in [1.165, 1.54) is 4.90 Å². The monoisotopic (exact) mass is 543 g/mol. The van der Waals surface area contributed by atoms with E-state index in [0.717, 1.165) is 14.8 Å². The van der Waals surface area contributed by atoms with Gasteiger partial charge < -0.3 is 10.4 Å². The van der Waals surface area contributed by atoms with Crippen LogP contribution in [-0.2, 0) is 11.8 Å². The molecule has 0 fully saturated rings. The zero-order valence-electron chi connectivity index (χ0n) is 18.3. The van der Waals surface area contributed by atoms with E-state index in [-0.39, 0.29) is 17.9 Å². The van der Waals surface area contributed by atoms with Crippen molar-refractivity contribution in [2.75, 3.05) is 16.8 Å². The summed E-state index contributed by atoms with van der Waals surface area (Å²) in [6.07, 6.45) is 1.18. The number of hydrogen-bond acceptors (Lipinski definition) is 3. The summed E-state index contributed by atoms with van der Waals surface area (Å²) >= 11 is 2.14. The van der Waals surface area contributed by atoms with Crippen molar-refractivity contribution in [3.05, 3.63) is 87.3 Å². The van der Waals surface area contributed by atoms with Gasteiger partial charge in [-0.2, -0.15) is 0 Å². The van der Waals surface area contributed by atoms with Crippen LogP contribution in [-0.4, -0.2) is 28.6 Å². The van der Waals surface area contributed by atoms with Gasteiger partial charge in [0, 0.05) is 34.1 Å². The van der Waals surface area contributed by atoms with Gasteiger partial charge in [-0.25, -0.2) is 4.79 Å². The van der Waals surface area contributed by atoms with Crippen molar-refractivity contribution >= 4 is 46.0 Å². The lowest BCUT2D eigenvalue weighted by Crippen LogP contribution is -2.34. The van der Waals surface area contributed by atoms with Crippen LogP contribution in [0.15, 0.2) is 66.9 Å². The molecule has 3 aromatic rings. The van der Waals surface area contributed by atoms with Crippen LogP contribution < -0.4 is 10.2 Å². The second-order valence-electron chi connectivity index (χ2n) is 8.42. The minimum atomic E-state index is -1.03. The zero-order chi connectivity index (χ0) is 23.3. The highest BCUT2D eigenvalue weighted by Crippen LogP contribution is 2.35. The predicted molar refractivity (Wildman–Crippen MR) is 136 cm³/mol. The molecular weight excluding hydrogens is 517 g/mol. The minimum absolute atomic E-state index is 0.201. The summed E-state index contributed by atoms with van der Waals surface area (Å²) in [7, 11) is 0. The summed E-state index contributed by atoms with van der Waals surface area (Å²) in [5, 5.41) is 12.9. The maximum Gasteiger partial charge on any atom is 0.411 e. The van der Waals surface area contributed by atoms with Crippen LogP contribution in [0.2, 0.25) is 0 Å². The largest absolute Gasteiger partial charge is 0.465 e. The topological polar surface area (TPSA) is 82.5 Å². The quantitative estimate of drug-likeness (QED) is 0.376. The third-order valence-electron chi connectivity index (χ3n) is 5.02. The van der Waals surface area contributed by atoms with Crippen molar-refractivity contribution < 1.29 is 14.7 Å². The van der Waals surface area contributed by atoms with E-state index in [1.54, 1.807) is 24.4 Å². The fourth-order valence-electron chi connectivity index (χ4n) is 3.39. The fraction of sp³-hybridized carbons (Fsp3) is 0.240. The van der Waals surface area contributed by atoms with Gasteiger partial charge in [0.2, 0.25) is 0 Å². The predicted octanol–water partition coefficient (Wildman–Crippen LogP) is 5.96. The van der Waals surface area contributed by atoms with Crippen LogP contribution in [0, 0.1) is 3.57 Å². The maximum atomic E-state index is 12.8. The Morgan fingerprint density at radius 1 is 1.06 bits per heavy atom. The van der Waals surface area contributed by atoms with E-state index in [0.29, 0.717) is 23.4 Å². The van der Waals surface area contributed by atoms with Crippen molar-refractivity contribution in [2.45, 2.75) is 32.6 Å². The summed E-state index contributed by atoms with van der Waals surface area (Å²) in [5.74, 6) is -0.201. The van der Waals surface area contributed by atoms with E-state index >= 15 is 0 Å². The molecule has 0 aliphatic carbocycles. The molecule has 1 heterocycles. The van der Waals surface area contributed by atoms with E-state index < -0.39 is 6.09 Å². The number of amides is 2.